The average molecular weight is 391 g/mol. The van der Waals surface area contributed by atoms with E-state index < -0.39 is 18.4 Å². The smallest absolute Gasteiger partial charge is 0.425 e. The van der Waals surface area contributed by atoms with Crippen LogP contribution in [0.15, 0.2) is 42.5 Å². The van der Waals surface area contributed by atoms with Crippen molar-refractivity contribution in [2.24, 2.45) is 0 Å². The molecule has 2 rings (SSSR count). The second-order valence-corrected chi connectivity index (χ2v) is 5.67. The molecule has 2 unspecified atom stereocenters. The normalized spacial score (nSPS) is 12.5. The first-order chi connectivity index (χ1) is 13.6. The van der Waals surface area contributed by atoms with Crippen molar-refractivity contribution in [3.8, 4) is 11.6 Å². The molecule has 0 aliphatic carbocycles. The highest BCUT2D eigenvalue weighted by atomic mass is 16.6. The quantitative estimate of drug-likeness (QED) is 0.331. The minimum Gasteiger partial charge on any atom is -0.491 e. The minimum atomic E-state index is -0.696. The summed E-state index contributed by atoms with van der Waals surface area (Å²) in [5.41, 5.74) is 4.87. The molecule has 0 radical (unpaired) electrons. The van der Waals surface area contributed by atoms with Crippen LogP contribution in [0.1, 0.15) is 13.8 Å². The minimum absolute atomic E-state index is 0.164. The van der Waals surface area contributed by atoms with E-state index in [9.17, 15) is 9.90 Å². The zero-order chi connectivity index (χ0) is 20.2. The van der Waals surface area contributed by atoms with Crippen LogP contribution >= 0.6 is 0 Å². The summed E-state index contributed by atoms with van der Waals surface area (Å²) in [7, 11) is 0. The number of rotatable bonds is 11. The van der Waals surface area contributed by atoms with E-state index in [4.69, 9.17) is 14.2 Å². The van der Waals surface area contributed by atoms with Gasteiger partial charge < -0.3 is 19.3 Å². The van der Waals surface area contributed by atoms with E-state index in [1.807, 2.05) is 30.3 Å². The van der Waals surface area contributed by atoms with Crippen LogP contribution in [0.25, 0.3) is 0 Å². The molecule has 0 saturated carbocycles. The number of nitrogens with one attached hydrogen (secondary N) is 3. The van der Waals surface area contributed by atoms with Crippen molar-refractivity contribution in [1.29, 1.82) is 0 Å². The Kier molecular flexibility index (Phi) is 8.76. The topological polar surface area (TPSA) is 127 Å². The number of hydrazine groups is 1. The summed E-state index contributed by atoms with van der Waals surface area (Å²) in [5, 5.41) is 20.8. The number of hydrogen-bond donors (Lipinski definition) is 4. The molecule has 0 fully saturated rings. The second-order valence-electron chi connectivity index (χ2n) is 5.67. The van der Waals surface area contributed by atoms with Crippen molar-refractivity contribution in [3.63, 3.8) is 0 Å². The van der Waals surface area contributed by atoms with E-state index in [0.717, 1.165) is 0 Å². The average Bonchev–Trinajstić information content (AvgIpc) is 2.71. The molecule has 2 atom stereocenters. The molecular formula is C18H25N5O5. The largest absolute Gasteiger partial charge is 0.491 e. The number of hydrogen-bond acceptors (Lipinski definition) is 9. The van der Waals surface area contributed by atoms with Crippen LogP contribution in [0.3, 0.4) is 0 Å². The predicted octanol–water partition coefficient (Wildman–Crippen LogP) is 1.30. The van der Waals surface area contributed by atoms with E-state index >= 15 is 0 Å². The lowest BCUT2D eigenvalue weighted by atomic mass is 10.3. The summed E-state index contributed by atoms with van der Waals surface area (Å²) in [6.07, 6.45) is -1.72. The summed E-state index contributed by atoms with van der Waals surface area (Å²) in [5.74, 6) is 1.32. The number of aliphatic hydroxyl groups is 1. The molecule has 10 heteroatoms. The highest BCUT2D eigenvalue weighted by molar-refractivity contribution is 5.68. The van der Waals surface area contributed by atoms with E-state index in [1.165, 1.54) is 0 Å². The van der Waals surface area contributed by atoms with Gasteiger partial charge in [0.05, 0.1) is 6.61 Å². The molecule has 1 aromatic heterocycles. The van der Waals surface area contributed by atoms with Gasteiger partial charge in [0.15, 0.2) is 5.82 Å². The standard InChI is InChI=1S/C18H25N5O5/c1-3-26-18(25)23-21-16-9-10-17(22-20-16)28-13(2)19-11-14(24)12-27-15-7-5-4-6-8-15/h4-10,13-14,19,24H,3,11-12H2,1-2H3,(H,20,21)(H,23,25). The predicted molar refractivity (Wildman–Crippen MR) is 102 cm³/mol. The van der Waals surface area contributed by atoms with Crippen LogP contribution < -0.4 is 25.6 Å². The molecule has 0 aliphatic rings. The number of benzene rings is 1. The van der Waals surface area contributed by atoms with Gasteiger partial charge in [0.1, 0.15) is 24.7 Å². The third-order valence-corrected chi connectivity index (χ3v) is 3.33. The van der Waals surface area contributed by atoms with Gasteiger partial charge in [-0.2, -0.15) is 0 Å². The van der Waals surface area contributed by atoms with Gasteiger partial charge >= 0.3 is 6.09 Å². The summed E-state index contributed by atoms with van der Waals surface area (Å²) in [4.78, 5) is 11.2. The SMILES string of the molecule is CCOC(=O)NNc1ccc(OC(C)NCC(O)COc2ccccc2)nn1. The molecule has 1 amide bonds. The monoisotopic (exact) mass is 391 g/mol. The Labute approximate surface area is 163 Å². The van der Waals surface area contributed by atoms with Gasteiger partial charge in [-0.05, 0) is 32.0 Å². The number of amides is 1. The number of anilines is 1. The Morgan fingerprint density at radius 3 is 2.64 bits per heavy atom. The number of para-hydroxylation sites is 1. The van der Waals surface area contributed by atoms with Crippen molar-refractivity contribution in [2.75, 3.05) is 25.2 Å². The van der Waals surface area contributed by atoms with Gasteiger partial charge in [0.25, 0.3) is 0 Å². The Bertz CT molecular complexity index is 701. The molecule has 2 aromatic rings. The second kappa shape index (κ2) is 11.6. The maximum Gasteiger partial charge on any atom is 0.425 e. The first kappa shape index (κ1) is 21.2. The van der Waals surface area contributed by atoms with Crippen LogP contribution in [0.2, 0.25) is 0 Å². The number of aromatic nitrogens is 2. The molecule has 1 aromatic carbocycles. The van der Waals surface area contributed by atoms with Crippen molar-refractivity contribution < 1.29 is 24.1 Å². The van der Waals surface area contributed by atoms with Crippen molar-refractivity contribution in [2.45, 2.75) is 26.2 Å². The van der Waals surface area contributed by atoms with E-state index in [0.29, 0.717) is 11.6 Å². The lowest BCUT2D eigenvalue weighted by molar-refractivity contribution is 0.0853. The van der Waals surface area contributed by atoms with Gasteiger partial charge in [0, 0.05) is 12.6 Å². The molecule has 152 valence electrons. The molecule has 0 saturated heterocycles. The maximum atomic E-state index is 11.2. The fourth-order valence-electron chi connectivity index (χ4n) is 2.02. The summed E-state index contributed by atoms with van der Waals surface area (Å²) < 4.78 is 15.8. The molecule has 4 N–H and O–H groups in total. The fourth-order valence-corrected chi connectivity index (χ4v) is 2.02. The van der Waals surface area contributed by atoms with Crippen LogP contribution in [0.4, 0.5) is 10.6 Å². The third kappa shape index (κ3) is 8.06. The van der Waals surface area contributed by atoms with Gasteiger partial charge in [-0.15, -0.1) is 10.2 Å². The number of ether oxygens (including phenoxy) is 3. The van der Waals surface area contributed by atoms with E-state index in [-0.39, 0.29) is 25.6 Å². The highest BCUT2D eigenvalue weighted by Crippen LogP contribution is 2.10. The summed E-state index contributed by atoms with van der Waals surface area (Å²) in [6, 6.07) is 12.5. The molecule has 0 spiro atoms. The van der Waals surface area contributed by atoms with Gasteiger partial charge in [-0.25, -0.2) is 10.2 Å². The number of carbonyl (C=O) groups is 1. The molecule has 0 aliphatic heterocycles. The third-order valence-electron chi connectivity index (χ3n) is 3.33. The Balaban J connectivity index is 1.66. The summed E-state index contributed by atoms with van der Waals surface area (Å²) in [6.45, 7) is 4.20. The van der Waals surface area contributed by atoms with Gasteiger partial charge in [-0.3, -0.25) is 10.7 Å². The van der Waals surface area contributed by atoms with Crippen LogP contribution in [0.5, 0.6) is 11.6 Å². The van der Waals surface area contributed by atoms with Crippen LogP contribution in [0, 0.1) is 0 Å². The Morgan fingerprint density at radius 2 is 1.96 bits per heavy atom. The molecule has 28 heavy (non-hydrogen) atoms. The Morgan fingerprint density at radius 1 is 1.18 bits per heavy atom. The first-order valence-corrected chi connectivity index (χ1v) is 8.85. The number of aliphatic hydroxyl groups excluding tert-OH is 1. The van der Waals surface area contributed by atoms with E-state index in [2.05, 4.69) is 26.4 Å². The van der Waals surface area contributed by atoms with Crippen molar-refractivity contribution >= 4 is 11.9 Å². The molecule has 0 bridgehead atoms. The van der Waals surface area contributed by atoms with Gasteiger partial charge in [-0.1, -0.05) is 18.2 Å². The lowest BCUT2D eigenvalue weighted by Gasteiger charge is -2.18. The molecule has 10 nitrogen and oxygen atoms in total. The van der Waals surface area contributed by atoms with Crippen LogP contribution in [-0.2, 0) is 4.74 Å². The van der Waals surface area contributed by atoms with E-state index in [1.54, 1.807) is 26.0 Å². The number of nitrogens with zero attached hydrogens (tertiary/aromatic N) is 2. The first-order valence-electron chi connectivity index (χ1n) is 8.85. The summed E-state index contributed by atoms with van der Waals surface area (Å²) >= 11 is 0. The lowest BCUT2D eigenvalue weighted by Crippen LogP contribution is -2.39. The van der Waals surface area contributed by atoms with Crippen molar-refractivity contribution in [1.82, 2.24) is 20.9 Å². The zero-order valence-corrected chi connectivity index (χ0v) is 15.8. The number of carbonyl (C=O) groups excluding carboxylic acids is 1. The van der Waals surface area contributed by atoms with Gasteiger partial charge in [0.2, 0.25) is 5.88 Å². The Hall–Kier alpha value is -3.11. The van der Waals surface area contributed by atoms with Crippen molar-refractivity contribution in [3.05, 3.63) is 42.5 Å². The highest BCUT2D eigenvalue weighted by Gasteiger charge is 2.10. The zero-order valence-electron chi connectivity index (χ0n) is 15.8. The molecular weight excluding hydrogens is 366 g/mol. The maximum absolute atomic E-state index is 11.2. The van der Waals surface area contributed by atoms with Crippen LogP contribution in [-0.4, -0.2) is 53.5 Å². The fraction of sp³-hybridized carbons (Fsp3) is 0.389. The molecule has 1 heterocycles.